The Labute approximate surface area is 155 Å². The van der Waals surface area contributed by atoms with E-state index in [0.29, 0.717) is 5.56 Å². The number of rotatable bonds is 7. The van der Waals surface area contributed by atoms with Gasteiger partial charge in [-0.15, -0.1) is 0 Å². The lowest BCUT2D eigenvalue weighted by atomic mass is 10.0. The molecule has 0 fully saturated rings. The number of aromatic nitrogens is 2. The van der Waals surface area contributed by atoms with Crippen LogP contribution in [0.25, 0.3) is 0 Å². The molecule has 0 radical (unpaired) electrons. The molecule has 1 atom stereocenters. The van der Waals surface area contributed by atoms with Crippen LogP contribution in [0.2, 0.25) is 0 Å². The van der Waals surface area contributed by atoms with Gasteiger partial charge in [-0.2, -0.15) is 5.10 Å². The Morgan fingerprint density at radius 1 is 1.28 bits per heavy atom. The van der Waals surface area contributed by atoms with E-state index in [0.717, 1.165) is 4.47 Å². The van der Waals surface area contributed by atoms with Gasteiger partial charge in [-0.1, -0.05) is 28.1 Å². The lowest BCUT2D eigenvalue weighted by Gasteiger charge is -2.34. The van der Waals surface area contributed by atoms with Crippen molar-refractivity contribution >= 4 is 27.8 Å². The first-order valence-corrected chi connectivity index (χ1v) is 8.94. The van der Waals surface area contributed by atoms with Gasteiger partial charge in [0.2, 0.25) is 5.91 Å². The van der Waals surface area contributed by atoms with E-state index in [4.69, 9.17) is 4.74 Å². The molecule has 2 aromatic rings. The topological polar surface area (TPSA) is 64.4 Å². The molecule has 1 heterocycles. The van der Waals surface area contributed by atoms with Gasteiger partial charge in [0.25, 0.3) is 0 Å². The normalized spacial score (nSPS) is 12.0. The van der Waals surface area contributed by atoms with Gasteiger partial charge in [0.05, 0.1) is 6.61 Å². The molecule has 7 heteroatoms. The van der Waals surface area contributed by atoms with Crippen LogP contribution in [-0.2, 0) is 20.9 Å². The molecule has 134 valence electrons. The van der Waals surface area contributed by atoms with Crippen molar-refractivity contribution in [3.8, 4) is 0 Å². The number of carbonyl (C=O) groups excluding carboxylic acids is 2. The predicted octanol–water partition coefficient (Wildman–Crippen LogP) is 3.19. The third-order valence-corrected chi connectivity index (χ3v) is 4.20. The third kappa shape index (κ3) is 4.92. The van der Waals surface area contributed by atoms with Gasteiger partial charge in [0.15, 0.2) is 6.04 Å². The van der Waals surface area contributed by atoms with Crippen molar-refractivity contribution in [2.75, 3.05) is 6.61 Å². The molecule has 0 unspecified atom stereocenters. The number of hydrogen-bond donors (Lipinski definition) is 0. The maximum Gasteiger partial charge on any atom is 0.333 e. The molecule has 0 saturated carbocycles. The molecule has 0 aliphatic rings. The Morgan fingerprint density at radius 3 is 2.48 bits per heavy atom. The summed E-state index contributed by atoms with van der Waals surface area (Å²) in [4.78, 5) is 27.1. The minimum atomic E-state index is -0.795. The minimum absolute atomic E-state index is 0.0671. The van der Waals surface area contributed by atoms with E-state index in [1.807, 2.05) is 38.1 Å². The highest BCUT2D eigenvalue weighted by Gasteiger charge is 2.34. The van der Waals surface area contributed by atoms with E-state index in [9.17, 15) is 9.59 Å². The van der Waals surface area contributed by atoms with E-state index >= 15 is 0 Å². The fraction of sp³-hybridized carbons (Fsp3) is 0.389. The van der Waals surface area contributed by atoms with Gasteiger partial charge in [-0.25, -0.2) is 4.79 Å². The highest BCUT2D eigenvalue weighted by atomic mass is 79.9. The van der Waals surface area contributed by atoms with Crippen LogP contribution in [0.1, 0.15) is 32.4 Å². The summed E-state index contributed by atoms with van der Waals surface area (Å²) in [5.41, 5.74) is 0.712. The Morgan fingerprint density at radius 2 is 1.96 bits per heavy atom. The molecule has 1 aromatic heterocycles. The number of ether oxygens (including phenoxy) is 1. The summed E-state index contributed by atoms with van der Waals surface area (Å²) in [5.74, 6) is -0.632. The number of benzene rings is 1. The highest BCUT2D eigenvalue weighted by molar-refractivity contribution is 9.10. The van der Waals surface area contributed by atoms with Crippen molar-refractivity contribution in [1.29, 1.82) is 0 Å². The standard InChI is InChI=1S/C18H22BrN3O3/c1-4-25-18(24)17(14-6-8-15(19)9-7-14)22(13(2)3)16(23)12-21-11-5-10-20-21/h5-11,13,17H,4,12H2,1-3H3/t17-/m1/s1. The predicted molar refractivity (Wildman–Crippen MR) is 97.7 cm³/mol. The SMILES string of the molecule is CCOC(=O)[C@@H](c1ccc(Br)cc1)N(C(=O)Cn1cccn1)C(C)C. The van der Waals surface area contributed by atoms with Crippen LogP contribution >= 0.6 is 15.9 Å². The van der Waals surface area contributed by atoms with E-state index in [1.165, 1.54) is 0 Å². The van der Waals surface area contributed by atoms with Crippen LogP contribution in [-0.4, -0.2) is 39.2 Å². The van der Waals surface area contributed by atoms with Crippen LogP contribution in [0.15, 0.2) is 47.2 Å². The van der Waals surface area contributed by atoms with Gasteiger partial charge in [-0.05, 0) is 44.5 Å². The zero-order valence-corrected chi connectivity index (χ0v) is 16.1. The Balaban J connectivity index is 2.37. The second kappa shape index (κ2) is 8.80. The summed E-state index contributed by atoms with van der Waals surface area (Å²) >= 11 is 3.39. The van der Waals surface area contributed by atoms with Gasteiger partial charge in [0.1, 0.15) is 6.54 Å². The van der Waals surface area contributed by atoms with Crippen molar-refractivity contribution < 1.29 is 14.3 Å². The Kier molecular flexibility index (Phi) is 6.75. The molecule has 6 nitrogen and oxygen atoms in total. The molecule has 0 aliphatic heterocycles. The van der Waals surface area contributed by atoms with Crippen LogP contribution < -0.4 is 0 Å². The summed E-state index contributed by atoms with van der Waals surface area (Å²) in [6.07, 6.45) is 3.33. The van der Waals surface area contributed by atoms with Gasteiger partial charge >= 0.3 is 5.97 Å². The summed E-state index contributed by atoms with van der Waals surface area (Å²) in [5, 5.41) is 4.07. The highest BCUT2D eigenvalue weighted by Crippen LogP contribution is 2.26. The number of amides is 1. The van der Waals surface area contributed by atoms with Crippen molar-refractivity contribution in [3.05, 3.63) is 52.8 Å². The monoisotopic (exact) mass is 407 g/mol. The zero-order valence-electron chi connectivity index (χ0n) is 14.6. The molecular formula is C18H22BrN3O3. The fourth-order valence-electron chi connectivity index (χ4n) is 2.62. The first-order chi connectivity index (χ1) is 11.9. The molecule has 0 saturated heterocycles. The fourth-order valence-corrected chi connectivity index (χ4v) is 2.89. The van der Waals surface area contributed by atoms with E-state index in [1.54, 1.807) is 35.0 Å². The molecule has 0 aliphatic carbocycles. The van der Waals surface area contributed by atoms with Gasteiger partial charge < -0.3 is 9.64 Å². The molecule has 25 heavy (non-hydrogen) atoms. The van der Waals surface area contributed by atoms with E-state index in [-0.39, 0.29) is 25.1 Å². The maximum absolute atomic E-state index is 12.9. The average Bonchev–Trinajstić information content (AvgIpc) is 3.06. The second-order valence-electron chi connectivity index (χ2n) is 5.80. The Hall–Kier alpha value is -2.15. The maximum atomic E-state index is 12.9. The largest absolute Gasteiger partial charge is 0.464 e. The van der Waals surface area contributed by atoms with Gasteiger partial charge in [0, 0.05) is 22.9 Å². The number of halogens is 1. The minimum Gasteiger partial charge on any atom is -0.464 e. The van der Waals surface area contributed by atoms with Gasteiger partial charge in [-0.3, -0.25) is 9.48 Å². The van der Waals surface area contributed by atoms with E-state index in [2.05, 4.69) is 21.0 Å². The smallest absolute Gasteiger partial charge is 0.333 e. The number of nitrogens with zero attached hydrogens (tertiary/aromatic N) is 3. The third-order valence-electron chi connectivity index (χ3n) is 3.67. The molecule has 1 amide bonds. The van der Waals surface area contributed by atoms with Crippen LogP contribution in [0.3, 0.4) is 0 Å². The molecule has 2 rings (SSSR count). The van der Waals surface area contributed by atoms with Crippen molar-refractivity contribution in [2.24, 2.45) is 0 Å². The molecule has 0 N–H and O–H groups in total. The first-order valence-electron chi connectivity index (χ1n) is 8.14. The summed E-state index contributed by atoms with van der Waals surface area (Å²) in [6.45, 7) is 5.84. The quantitative estimate of drug-likeness (QED) is 0.661. The zero-order chi connectivity index (χ0) is 18.4. The average molecular weight is 408 g/mol. The Bertz CT molecular complexity index is 699. The summed E-state index contributed by atoms with van der Waals surface area (Å²) < 4.78 is 7.68. The van der Waals surface area contributed by atoms with Crippen molar-refractivity contribution in [2.45, 2.75) is 39.4 Å². The van der Waals surface area contributed by atoms with Crippen molar-refractivity contribution in [3.63, 3.8) is 0 Å². The summed E-state index contributed by atoms with van der Waals surface area (Å²) in [6, 6.07) is 8.11. The molecule has 0 spiro atoms. The summed E-state index contributed by atoms with van der Waals surface area (Å²) in [7, 11) is 0. The molecular weight excluding hydrogens is 386 g/mol. The second-order valence-corrected chi connectivity index (χ2v) is 6.72. The number of esters is 1. The lowest BCUT2D eigenvalue weighted by molar-refractivity contribution is -0.157. The number of hydrogen-bond acceptors (Lipinski definition) is 4. The first kappa shape index (κ1) is 19.2. The molecule has 0 bridgehead atoms. The number of carbonyl (C=O) groups is 2. The van der Waals surface area contributed by atoms with Crippen LogP contribution in [0.5, 0.6) is 0 Å². The molecule has 1 aromatic carbocycles. The van der Waals surface area contributed by atoms with E-state index < -0.39 is 12.0 Å². The van der Waals surface area contributed by atoms with Crippen molar-refractivity contribution in [1.82, 2.24) is 14.7 Å². The van der Waals surface area contributed by atoms with Crippen LogP contribution in [0.4, 0.5) is 0 Å². The lowest BCUT2D eigenvalue weighted by Crippen LogP contribution is -2.45. The van der Waals surface area contributed by atoms with Crippen LogP contribution in [0, 0.1) is 0 Å².